The summed E-state index contributed by atoms with van der Waals surface area (Å²) in [5, 5.41) is 3.68. The van der Waals surface area contributed by atoms with Crippen LogP contribution >= 0.6 is 0 Å². The SMILES string of the molecule is CN1CCOC(CNC2CCC(C)(C)C2)C1. The highest BCUT2D eigenvalue weighted by molar-refractivity contribution is 4.87. The Bertz CT molecular complexity index is 228. The van der Waals surface area contributed by atoms with Gasteiger partial charge in [-0.2, -0.15) is 0 Å². The topological polar surface area (TPSA) is 24.5 Å². The van der Waals surface area contributed by atoms with Gasteiger partial charge in [-0.3, -0.25) is 0 Å². The van der Waals surface area contributed by atoms with Crippen LogP contribution < -0.4 is 5.32 Å². The summed E-state index contributed by atoms with van der Waals surface area (Å²) in [5.74, 6) is 0. The van der Waals surface area contributed by atoms with Crippen molar-refractivity contribution in [1.29, 1.82) is 0 Å². The van der Waals surface area contributed by atoms with Crippen molar-refractivity contribution in [3.05, 3.63) is 0 Å². The molecule has 1 aliphatic heterocycles. The molecule has 2 fully saturated rings. The summed E-state index contributed by atoms with van der Waals surface area (Å²) in [6.45, 7) is 8.80. The van der Waals surface area contributed by atoms with Gasteiger partial charge in [-0.15, -0.1) is 0 Å². The Morgan fingerprint density at radius 2 is 2.25 bits per heavy atom. The molecule has 1 N–H and O–H groups in total. The number of nitrogens with zero attached hydrogens (tertiary/aromatic N) is 1. The Labute approximate surface area is 99.5 Å². The summed E-state index contributed by atoms with van der Waals surface area (Å²) in [5.41, 5.74) is 0.544. The lowest BCUT2D eigenvalue weighted by atomic mass is 9.92. The molecule has 2 unspecified atom stereocenters. The zero-order valence-corrected chi connectivity index (χ0v) is 11.0. The van der Waals surface area contributed by atoms with Crippen LogP contribution in [0.4, 0.5) is 0 Å². The number of hydrogen-bond donors (Lipinski definition) is 1. The first-order chi connectivity index (χ1) is 7.55. The number of hydrogen-bond acceptors (Lipinski definition) is 3. The van der Waals surface area contributed by atoms with Crippen LogP contribution in [0.5, 0.6) is 0 Å². The Morgan fingerprint density at radius 3 is 2.88 bits per heavy atom. The molecule has 1 saturated heterocycles. The van der Waals surface area contributed by atoms with Crippen LogP contribution in [-0.4, -0.2) is 50.3 Å². The minimum absolute atomic E-state index is 0.391. The van der Waals surface area contributed by atoms with Crippen molar-refractivity contribution in [1.82, 2.24) is 10.2 Å². The van der Waals surface area contributed by atoms with Gasteiger partial charge in [-0.25, -0.2) is 0 Å². The fraction of sp³-hybridized carbons (Fsp3) is 1.00. The highest BCUT2D eigenvalue weighted by atomic mass is 16.5. The number of rotatable bonds is 3. The second-order valence-corrected chi connectivity index (χ2v) is 6.27. The molecule has 0 amide bonds. The van der Waals surface area contributed by atoms with E-state index in [9.17, 15) is 0 Å². The first-order valence-electron chi connectivity index (χ1n) is 6.59. The minimum atomic E-state index is 0.391. The van der Waals surface area contributed by atoms with Crippen molar-refractivity contribution in [2.45, 2.75) is 45.3 Å². The summed E-state index contributed by atoms with van der Waals surface area (Å²) in [7, 11) is 2.17. The molecule has 0 aromatic carbocycles. The summed E-state index contributed by atoms with van der Waals surface area (Å²) >= 11 is 0. The van der Waals surface area contributed by atoms with E-state index in [2.05, 4.69) is 31.1 Å². The van der Waals surface area contributed by atoms with Gasteiger partial charge >= 0.3 is 0 Å². The summed E-state index contributed by atoms with van der Waals surface area (Å²) < 4.78 is 5.76. The molecule has 0 aromatic rings. The number of morpholine rings is 1. The molecule has 2 atom stereocenters. The van der Waals surface area contributed by atoms with E-state index < -0.39 is 0 Å². The molecule has 3 heteroatoms. The Kier molecular flexibility index (Phi) is 3.88. The van der Waals surface area contributed by atoms with E-state index in [-0.39, 0.29) is 0 Å². The fourth-order valence-electron chi connectivity index (χ4n) is 2.90. The van der Waals surface area contributed by atoms with Crippen LogP contribution in [-0.2, 0) is 4.74 Å². The Hall–Kier alpha value is -0.120. The quantitative estimate of drug-likeness (QED) is 0.789. The van der Waals surface area contributed by atoms with E-state index in [4.69, 9.17) is 4.74 Å². The van der Waals surface area contributed by atoms with E-state index in [1.54, 1.807) is 0 Å². The zero-order chi connectivity index (χ0) is 11.6. The molecule has 1 saturated carbocycles. The predicted molar refractivity (Wildman–Crippen MR) is 66.7 cm³/mol. The maximum Gasteiger partial charge on any atom is 0.0826 e. The van der Waals surface area contributed by atoms with E-state index in [1.165, 1.54) is 19.3 Å². The average molecular weight is 226 g/mol. The van der Waals surface area contributed by atoms with Gasteiger partial charge in [0, 0.05) is 25.7 Å². The molecule has 0 radical (unpaired) electrons. The maximum atomic E-state index is 5.76. The van der Waals surface area contributed by atoms with Gasteiger partial charge in [0.15, 0.2) is 0 Å². The zero-order valence-electron chi connectivity index (χ0n) is 11.0. The molecule has 0 spiro atoms. The molecule has 1 aliphatic carbocycles. The second-order valence-electron chi connectivity index (χ2n) is 6.27. The highest BCUT2D eigenvalue weighted by Gasteiger charge is 2.31. The van der Waals surface area contributed by atoms with Crippen molar-refractivity contribution < 1.29 is 4.74 Å². The molecule has 0 bridgehead atoms. The lowest BCUT2D eigenvalue weighted by Crippen LogP contribution is -2.46. The van der Waals surface area contributed by atoms with Crippen LogP contribution in [0.15, 0.2) is 0 Å². The van der Waals surface area contributed by atoms with Crippen LogP contribution in [0, 0.1) is 5.41 Å². The molecule has 1 heterocycles. The lowest BCUT2D eigenvalue weighted by Gasteiger charge is -2.31. The third-order valence-corrected chi connectivity index (χ3v) is 3.94. The summed E-state index contributed by atoms with van der Waals surface area (Å²) in [4.78, 5) is 2.36. The molecule has 0 aromatic heterocycles. The highest BCUT2D eigenvalue weighted by Crippen LogP contribution is 2.36. The molecule has 94 valence electrons. The fourth-order valence-corrected chi connectivity index (χ4v) is 2.90. The summed E-state index contributed by atoms with van der Waals surface area (Å²) in [6.07, 6.45) is 4.39. The first-order valence-corrected chi connectivity index (χ1v) is 6.59. The van der Waals surface area contributed by atoms with Crippen LogP contribution in [0.3, 0.4) is 0 Å². The maximum absolute atomic E-state index is 5.76. The van der Waals surface area contributed by atoms with E-state index in [0.717, 1.165) is 26.2 Å². The van der Waals surface area contributed by atoms with E-state index >= 15 is 0 Å². The van der Waals surface area contributed by atoms with Crippen LogP contribution in [0.2, 0.25) is 0 Å². The van der Waals surface area contributed by atoms with E-state index in [1.807, 2.05) is 0 Å². The van der Waals surface area contributed by atoms with Gasteiger partial charge in [0.05, 0.1) is 12.7 Å². The third-order valence-electron chi connectivity index (χ3n) is 3.94. The second kappa shape index (κ2) is 5.03. The van der Waals surface area contributed by atoms with Crippen molar-refractivity contribution in [3.8, 4) is 0 Å². The monoisotopic (exact) mass is 226 g/mol. The summed E-state index contributed by atoms with van der Waals surface area (Å²) in [6, 6.07) is 0.714. The number of ether oxygens (including phenoxy) is 1. The Morgan fingerprint density at radius 1 is 1.44 bits per heavy atom. The predicted octanol–water partition coefficient (Wildman–Crippen LogP) is 1.49. The molecule has 3 nitrogen and oxygen atoms in total. The van der Waals surface area contributed by atoms with Gasteiger partial charge in [0.1, 0.15) is 0 Å². The van der Waals surface area contributed by atoms with Crippen molar-refractivity contribution in [2.24, 2.45) is 5.41 Å². The van der Waals surface area contributed by atoms with Gasteiger partial charge in [0.25, 0.3) is 0 Å². The van der Waals surface area contributed by atoms with Crippen LogP contribution in [0.25, 0.3) is 0 Å². The average Bonchev–Trinajstić information content (AvgIpc) is 2.56. The standard InChI is InChI=1S/C13H26N2O/c1-13(2)5-4-11(8-13)14-9-12-10-15(3)6-7-16-12/h11-12,14H,4-10H2,1-3H3. The molecule has 2 rings (SSSR count). The van der Waals surface area contributed by atoms with Gasteiger partial charge in [-0.1, -0.05) is 13.8 Å². The van der Waals surface area contributed by atoms with Gasteiger partial charge in [0.2, 0.25) is 0 Å². The molecule has 16 heavy (non-hydrogen) atoms. The van der Waals surface area contributed by atoms with Gasteiger partial charge < -0.3 is 15.0 Å². The van der Waals surface area contributed by atoms with Crippen LogP contribution in [0.1, 0.15) is 33.1 Å². The molecule has 2 aliphatic rings. The minimum Gasteiger partial charge on any atom is -0.374 e. The molecular formula is C13H26N2O. The number of likely N-dealkylation sites (N-methyl/N-ethyl adjacent to an activating group) is 1. The van der Waals surface area contributed by atoms with Gasteiger partial charge in [-0.05, 0) is 31.7 Å². The largest absolute Gasteiger partial charge is 0.374 e. The number of nitrogens with one attached hydrogen (secondary N) is 1. The smallest absolute Gasteiger partial charge is 0.0826 e. The first kappa shape index (κ1) is 12.3. The normalized spacial score (nSPS) is 35.4. The molecular weight excluding hydrogens is 200 g/mol. The van der Waals surface area contributed by atoms with Crippen molar-refractivity contribution in [2.75, 3.05) is 33.3 Å². The van der Waals surface area contributed by atoms with Crippen molar-refractivity contribution in [3.63, 3.8) is 0 Å². The third kappa shape index (κ3) is 3.44. The van der Waals surface area contributed by atoms with Crippen molar-refractivity contribution >= 4 is 0 Å². The lowest BCUT2D eigenvalue weighted by molar-refractivity contribution is -0.0193. The van der Waals surface area contributed by atoms with E-state index in [0.29, 0.717) is 17.6 Å². The Balaban J connectivity index is 1.68.